The van der Waals surface area contributed by atoms with Gasteiger partial charge in [0.2, 0.25) is 5.78 Å². The highest BCUT2D eigenvalue weighted by Crippen LogP contribution is 2.16. The van der Waals surface area contributed by atoms with Gasteiger partial charge in [-0.15, -0.1) is 0 Å². The van der Waals surface area contributed by atoms with Crippen LogP contribution in [-0.2, 0) is 9.53 Å². The fraction of sp³-hybridized carbons (Fsp3) is 0.350. The van der Waals surface area contributed by atoms with E-state index in [1.54, 1.807) is 11.4 Å². The number of thiophene rings is 1. The fourth-order valence-electron chi connectivity index (χ4n) is 2.49. The van der Waals surface area contributed by atoms with E-state index in [2.05, 4.69) is 5.32 Å². The maximum Gasteiger partial charge on any atom is 0.306 e. The third-order valence-electron chi connectivity index (χ3n) is 4.13. The van der Waals surface area contributed by atoms with E-state index in [0.717, 1.165) is 16.7 Å². The minimum atomic E-state index is -0.440. The molecule has 1 aromatic heterocycles. The molecule has 1 amide bonds. The van der Waals surface area contributed by atoms with Crippen molar-refractivity contribution in [3.8, 4) is 0 Å². The van der Waals surface area contributed by atoms with Crippen molar-refractivity contribution in [3.63, 3.8) is 0 Å². The molecule has 0 fully saturated rings. The number of hydrogen-bond acceptors (Lipinski definition) is 5. The van der Waals surface area contributed by atoms with E-state index in [1.165, 1.54) is 11.3 Å². The van der Waals surface area contributed by atoms with Gasteiger partial charge in [0.25, 0.3) is 5.91 Å². The summed E-state index contributed by atoms with van der Waals surface area (Å²) >= 11 is 1.46. The van der Waals surface area contributed by atoms with Crippen molar-refractivity contribution in [1.82, 2.24) is 5.32 Å². The Labute approximate surface area is 157 Å². The zero-order valence-corrected chi connectivity index (χ0v) is 16.1. The highest BCUT2D eigenvalue weighted by Gasteiger charge is 2.13. The number of benzene rings is 1. The van der Waals surface area contributed by atoms with E-state index in [0.29, 0.717) is 24.1 Å². The van der Waals surface area contributed by atoms with Crippen molar-refractivity contribution in [2.45, 2.75) is 33.6 Å². The molecule has 6 heteroatoms. The molecule has 2 aromatic rings. The first-order valence-corrected chi connectivity index (χ1v) is 9.40. The van der Waals surface area contributed by atoms with Gasteiger partial charge in [-0.25, -0.2) is 0 Å². The molecule has 0 atom stereocenters. The molecule has 138 valence electrons. The van der Waals surface area contributed by atoms with Crippen LogP contribution in [0.5, 0.6) is 0 Å². The predicted octanol–water partition coefficient (Wildman–Crippen LogP) is 3.61. The van der Waals surface area contributed by atoms with Crippen LogP contribution in [0.25, 0.3) is 0 Å². The van der Waals surface area contributed by atoms with E-state index < -0.39 is 5.97 Å². The molecule has 5 nitrogen and oxygen atoms in total. The molecule has 0 saturated carbocycles. The topological polar surface area (TPSA) is 72.5 Å². The third-order valence-corrected chi connectivity index (χ3v) is 4.82. The Morgan fingerprint density at radius 3 is 2.50 bits per heavy atom. The summed E-state index contributed by atoms with van der Waals surface area (Å²) in [5.41, 5.74) is 4.24. The molecule has 0 bridgehead atoms. The number of ether oxygens (including phenoxy) is 1. The number of aryl methyl sites for hydroxylation is 3. The lowest BCUT2D eigenvalue weighted by atomic mass is 9.98. The summed E-state index contributed by atoms with van der Waals surface area (Å²) < 4.78 is 5.06. The SMILES string of the molecule is Cc1cc(C)c(C(=O)COC(=O)CCCNC(=O)c2ccsc2)cc1C. The molecule has 1 aromatic carbocycles. The van der Waals surface area contributed by atoms with Gasteiger partial charge in [-0.1, -0.05) is 6.07 Å². The number of carbonyl (C=O) groups is 3. The van der Waals surface area contributed by atoms with Crippen molar-refractivity contribution < 1.29 is 19.1 Å². The fourth-order valence-corrected chi connectivity index (χ4v) is 3.12. The lowest BCUT2D eigenvalue weighted by Gasteiger charge is -2.10. The first kappa shape index (κ1) is 19.8. The van der Waals surface area contributed by atoms with Crippen molar-refractivity contribution in [3.05, 3.63) is 56.8 Å². The quantitative estimate of drug-likeness (QED) is 0.436. The smallest absolute Gasteiger partial charge is 0.306 e. The zero-order valence-electron chi connectivity index (χ0n) is 15.3. The summed E-state index contributed by atoms with van der Waals surface area (Å²) in [7, 11) is 0. The van der Waals surface area contributed by atoms with Gasteiger partial charge >= 0.3 is 5.97 Å². The lowest BCUT2D eigenvalue weighted by Crippen LogP contribution is -2.24. The van der Waals surface area contributed by atoms with Crippen LogP contribution in [0.4, 0.5) is 0 Å². The second kappa shape index (κ2) is 9.29. The summed E-state index contributed by atoms with van der Waals surface area (Å²) in [4.78, 5) is 35.8. The van der Waals surface area contributed by atoms with Crippen molar-refractivity contribution in [2.24, 2.45) is 0 Å². The number of Topliss-reactive ketones (excluding diaryl/α,β-unsaturated/α-hetero) is 1. The average Bonchev–Trinajstić information content (AvgIpc) is 3.14. The lowest BCUT2D eigenvalue weighted by molar-refractivity contribution is -0.142. The number of carbonyl (C=O) groups excluding carboxylic acids is 3. The monoisotopic (exact) mass is 373 g/mol. The largest absolute Gasteiger partial charge is 0.457 e. The molecular weight excluding hydrogens is 350 g/mol. The van der Waals surface area contributed by atoms with Crippen LogP contribution in [0.3, 0.4) is 0 Å². The van der Waals surface area contributed by atoms with Crippen LogP contribution in [-0.4, -0.2) is 30.8 Å². The molecule has 1 N–H and O–H groups in total. The minimum absolute atomic E-state index is 0.153. The summed E-state index contributed by atoms with van der Waals surface area (Å²) in [5.74, 6) is -0.797. The van der Waals surface area contributed by atoms with Gasteiger partial charge in [0.1, 0.15) is 0 Å². The molecule has 0 radical (unpaired) electrons. The van der Waals surface area contributed by atoms with E-state index in [4.69, 9.17) is 4.74 Å². The molecule has 0 saturated heterocycles. The Hall–Kier alpha value is -2.47. The molecule has 0 aliphatic rings. The van der Waals surface area contributed by atoms with Gasteiger partial charge in [0, 0.05) is 29.5 Å². The first-order chi connectivity index (χ1) is 12.4. The average molecular weight is 373 g/mol. The van der Waals surface area contributed by atoms with Crippen LogP contribution in [0.15, 0.2) is 29.0 Å². The maximum absolute atomic E-state index is 12.3. The van der Waals surface area contributed by atoms with Crippen LogP contribution >= 0.6 is 11.3 Å². The third kappa shape index (κ3) is 5.52. The normalized spacial score (nSPS) is 10.4. The Bertz CT molecular complexity index is 796. The maximum atomic E-state index is 12.3. The van der Waals surface area contributed by atoms with Crippen LogP contribution in [0, 0.1) is 20.8 Å². The van der Waals surface area contributed by atoms with E-state index in [1.807, 2.05) is 38.3 Å². The van der Waals surface area contributed by atoms with Gasteiger partial charge in [-0.2, -0.15) is 11.3 Å². The number of rotatable bonds is 8. The van der Waals surface area contributed by atoms with Gasteiger partial charge < -0.3 is 10.1 Å². The first-order valence-electron chi connectivity index (χ1n) is 8.45. The molecule has 0 spiro atoms. The second-order valence-electron chi connectivity index (χ2n) is 6.21. The Balaban J connectivity index is 1.71. The molecule has 26 heavy (non-hydrogen) atoms. The number of amides is 1. The standard InChI is InChI=1S/C20H23NO4S/c1-13-9-15(3)17(10-14(13)2)18(22)11-25-19(23)5-4-7-21-20(24)16-6-8-26-12-16/h6,8-10,12H,4-5,7,11H2,1-3H3,(H,21,24). The van der Waals surface area contributed by atoms with Crippen LogP contribution < -0.4 is 5.32 Å². The second-order valence-corrected chi connectivity index (χ2v) is 6.99. The minimum Gasteiger partial charge on any atom is -0.457 e. The Kier molecular flexibility index (Phi) is 7.09. The molecule has 0 aliphatic heterocycles. The van der Waals surface area contributed by atoms with Crippen molar-refractivity contribution in [2.75, 3.05) is 13.2 Å². The zero-order chi connectivity index (χ0) is 19.1. The Morgan fingerprint density at radius 2 is 1.81 bits per heavy atom. The summed E-state index contributed by atoms with van der Waals surface area (Å²) in [6.07, 6.45) is 0.620. The summed E-state index contributed by atoms with van der Waals surface area (Å²) in [5, 5.41) is 6.34. The summed E-state index contributed by atoms with van der Waals surface area (Å²) in [6, 6.07) is 5.54. The van der Waals surface area contributed by atoms with Gasteiger partial charge in [0.05, 0.1) is 0 Å². The van der Waals surface area contributed by atoms with Crippen molar-refractivity contribution in [1.29, 1.82) is 0 Å². The van der Waals surface area contributed by atoms with E-state index in [-0.39, 0.29) is 24.7 Å². The van der Waals surface area contributed by atoms with Crippen LogP contribution in [0.2, 0.25) is 0 Å². The molecule has 1 heterocycles. The highest BCUT2D eigenvalue weighted by atomic mass is 32.1. The van der Waals surface area contributed by atoms with E-state index >= 15 is 0 Å². The Morgan fingerprint density at radius 1 is 1.08 bits per heavy atom. The van der Waals surface area contributed by atoms with Crippen molar-refractivity contribution >= 4 is 29.0 Å². The number of nitrogens with one attached hydrogen (secondary N) is 1. The number of esters is 1. The van der Waals surface area contributed by atoms with Gasteiger partial charge in [0.15, 0.2) is 6.61 Å². The molecular formula is C20H23NO4S. The molecule has 2 rings (SSSR count). The number of ketones is 1. The van der Waals surface area contributed by atoms with Gasteiger partial charge in [-0.3, -0.25) is 14.4 Å². The molecule has 0 unspecified atom stereocenters. The molecule has 0 aliphatic carbocycles. The van der Waals surface area contributed by atoms with Gasteiger partial charge in [-0.05, 0) is 61.4 Å². The predicted molar refractivity (Wildman–Crippen MR) is 102 cm³/mol. The van der Waals surface area contributed by atoms with E-state index in [9.17, 15) is 14.4 Å². The summed E-state index contributed by atoms with van der Waals surface area (Å²) in [6.45, 7) is 5.94. The highest BCUT2D eigenvalue weighted by molar-refractivity contribution is 7.08. The van der Waals surface area contributed by atoms with Crippen LogP contribution in [0.1, 0.15) is 50.2 Å². The number of hydrogen-bond donors (Lipinski definition) is 1.